The largest absolute Gasteiger partial charge is 0.458 e. The molecule has 0 radical (unpaired) electrons. The molecule has 0 aromatic carbocycles. The highest BCUT2D eigenvalue weighted by atomic mass is 19.3. The van der Waals surface area contributed by atoms with Crippen LogP contribution in [0.4, 0.5) is 20.4 Å². The summed E-state index contributed by atoms with van der Waals surface area (Å²) in [4.78, 5) is 8.57. The second kappa shape index (κ2) is 7.84. The third-order valence-electron chi connectivity index (χ3n) is 4.48. The van der Waals surface area contributed by atoms with Crippen LogP contribution in [-0.2, 0) is 7.05 Å². The summed E-state index contributed by atoms with van der Waals surface area (Å²) in [5, 5.41) is 9.45. The molecule has 1 N–H and O–H groups in total. The normalized spacial score (nSPS) is 16.9. The first-order valence-electron chi connectivity index (χ1n) is 8.84. The Balaban J connectivity index is 1.60. The van der Waals surface area contributed by atoms with E-state index in [1.54, 1.807) is 73.8 Å². The van der Waals surface area contributed by atoms with Gasteiger partial charge in [-0.3, -0.25) is 9.67 Å². The van der Waals surface area contributed by atoms with E-state index in [9.17, 15) is 8.78 Å². The Morgan fingerprint density at radius 1 is 1.07 bits per heavy atom. The molecule has 0 fully saturated rings. The number of ether oxygens (including phenoxy) is 1. The van der Waals surface area contributed by atoms with Gasteiger partial charge in [0.05, 0.1) is 18.1 Å². The van der Waals surface area contributed by atoms with Crippen molar-refractivity contribution in [1.82, 2.24) is 29.8 Å². The van der Waals surface area contributed by atoms with E-state index in [1.165, 1.54) is 11.2 Å². The van der Waals surface area contributed by atoms with Crippen molar-refractivity contribution in [2.45, 2.75) is 12.6 Å². The number of alkyl halides is 2. The second-order valence-corrected chi connectivity index (χ2v) is 6.36. The summed E-state index contributed by atoms with van der Waals surface area (Å²) in [6.07, 6.45) is 6.15. The lowest BCUT2D eigenvalue weighted by molar-refractivity contribution is -0.115. The van der Waals surface area contributed by atoms with E-state index in [0.717, 1.165) is 10.8 Å². The fraction of sp³-hybridized carbons (Fsp3) is 0.211. The van der Waals surface area contributed by atoms with Crippen LogP contribution < -0.4 is 10.1 Å². The Labute approximate surface area is 166 Å². The highest BCUT2D eigenvalue weighted by Crippen LogP contribution is 2.36. The molecule has 150 valence electrons. The van der Waals surface area contributed by atoms with E-state index in [2.05, 4.69) is 20.4 Å². The number of anilines is 2. The van der Waals surface area contributed by atoms with Crippen LogP contribution in [0.2, 0.25) is 0 Å². The molecule has 4 rings (SSSR count). The van der Waals surface area contributed by atoms with Crippen LogP contribution >= 0.6 is 0 Å². The van der Waals surface area contributed by atoms with Gasteiger partial charge in [0, 0.05) is 38.6 Å². The molecular weight excluding hydrogens is 380 g/mol. The number of halogens is 2. The number of aryl methyl sites for hydroxylation is 1. The Morgan fingerprint density at radius 3 is 2.62 bits per heavy atom. The number of pyridine rings is 2. The Kier molecular flexibility index (Phi) is 5.09. The van der Waals surface area contributed by atoms with Gasteiger partial charge >= 0.3 is 6.55 Å². The third kappa shape index (κ3) is 3.87. The Morgan fingerprint density at radius 2 is 1.93 bits per heavy atom. The summed E-state index contributed by atoms with van der Waals surface area (Å²) in [6, 6.07) is 9.93. The van der Waals surface area contributed by atoms with Crippen molar-refractivity contribution in [2.75, 3.05) is 12.4 Å². The zero-order valence-electron chi connectivity index (χ0n) is 15.8. The van der Waals surface area contributed by atoms with E-state index in [0.29, 0.717) is 23.0 Å². The molecule has 1 aliphatic rings. The Bertz CT molecular complexity index is 1010. The van der Waals surface area contributed by atoms with Gasteiger partial charge in [-0.25, -0.2) is 15.0 Å². The number of likely N-dealkylation sites (N-methyl/N-ethyl adjacent to an activating group) is 1. The SMILES string of the molecule is CN1C(c2ccccn2)C(Oc2ccnc(Nc3ccnn3C)c2)=CN1C(F)F. The van der Waals surface area contributed by atoms with Crippen molar-refractivity contribution in [3.05, 3.63) is 72.6 Å². The summed E-state index contributed by atoms with van der Waals surface area (Å²) >= 11 is 0. The molecule has 1 aliphatic heterocycles. The predicted octanol–water partition coefficient (Wildman–Crippen LogP) is 3.30. The molecule has 29 heavy (non-hydrogen) atoms. The minimum Gasteiger partial charge on any atom is -0.458 e. The van der Waals surface area contributed by atoms with E-state index in [4.69, 9.17) is 4.74 Å². The molecule has 1 unspecified atom stereocenters. The number of hydrogen-bond acceptors (Lipinski definition) is 7. The average Bonchev–Trinajstić information content (AvgIpc) is 3.26. The average molecular weight is 399 g/mol. The lowest BCUT2D eigenvalue weighted by Crippen LogP contribution is -2.37. The van der Waals surface area contributed by atoms with Crippen LogP contribution in [0.1, 0.15) is 11.7 Å². The van der Waals surface area contributed by atoms with Gasteiger partial charge in [0.1, 0.15) is 29.2 Å². The molecule has 3 aromatic heterocycles. The van der Waals surface area contributed by atoms with Crippen molar-refractivity contribution in [1.29, 1.82) is 0 Å². The van der Waals surface area contributed by atoms with E-state index < -0.39 is 12.6 Å². The van der Waals surface area contributed by atoms with Gasteiger partial charge in [-0.2, -0.15) is 13.9 Å². The van der Waals surface area contributed by atoms with Crippen LogP contribution in [0.3, 0.4) is 0 Å². The standard InChI is InChI=1S/C19H19F2N7O/c1-26-17(7-10-24-26)25-16-11-13(6-9-23-16)29-15-12-28(19(20)21)27(2)18(15)14-5-3-4-8-22-14/h3-12,18-19H,1-2H3,(H,23,25). The van der Waals surface area contributed by atoms with Crippen molar-refractivity contribution >= 4 is 11.6 Å². The lowest BCUT2D eigenvalue weighted by Gasteiger charge is -2.28. The van der Waals surface area contributed by atoms with E-state index in [1.807, 2.05) is 0 Å². The molecule has 8 nitrogen and oxygen atoms in total. The van der Waals surface area contributed by atoms with Gasteiger partial charge in [-0.05, 0) is 18.2 Å². The number of nitrogens with one attached hydrogen (secondary N) is 1. The van der Waals surface area contributed by atoms with Gasteiger partial charge in [-0.1, -0.05) is 6.07 Å². The van der Waals surface area contributed by atoms with Crippen LogP contribution in [0.5, 0.6) is 5.75 Å². The van der Waals surface area contributed by atoms with Crippen molar-refractivity contribution in [2.24, 2.45) is 7.05 Å². The first-order chi connectivity index (χ1) is 14.0. The fourth-order valence-electron chi connectivity index (χ4n) is 3.07. The van der Waals surface area contributed by atoms with E-state index >= 15 is 0 Å². The highest BCUT2D eigenvalue weighted by molar-refractivity contribution is 5.53. The molecule has 0 amide bonds. The second-order valence-electron chi connectivity index (χ2n) is 6.36. The van der Waals surface area contributed by atoms with Crippen LogP contribution in [0, 0.1) is 0 Å². The fourth-order valence-corrected chi connectivity index (χ4v) is 3.07. The number of aromatic nitrogens is 4. The lowest BCUT2D eigenvalue weighted by atomic mass is 10.1. The van der Waals surface area contributed by atoms with Crippen LogP contribution in [0.15, 0.2) is 66.9 Å². The maximum absolute atomic E-state index is 13.4. The van der Waals surface area contributed by atoms with Gasteiger partial charge in [0.2, 0.25) is 0 Å². The maximum atomic E-state index is 13.4. The third-order valence-corrected chi connectivity index (χ3v) is 4.48. The zero-order valence-corrected chi connectivity index (χ0v) is 15.8. The van der Waals surface area contributed by atoms with Crippen molar-refractivity contribution in [3.63, 3.8) is 0 Å². The quantitative estimate of drug-likeness (QED) is 0.638. The topological polar surface area (TPSA) is 71.3 Å². The summed E-state index contributed by atoms with van der Waals surface area (Å²) in [7, 11) is 3.37. The molecule has 10 heteroatoms. The molecule has 0 aliphatic carbocycles. The molecular formula is C19H19F2N7O. The van der Waals surface area contributed by atoms with Gasteiger partial charge in [-0.15, -0.1) is 0 Å². The van der Waals surface area contributed by atoms with Crippen LogP contribution in [0.25, 0.3) is 0 Å². The number of hydrazine groups is 1. The minimum absolute atomic E-state index is 0.337. The van der Waals surface area contributed by atoms with Gasteiger partial charge in [0.15, 0.2) is 0 Å². The zero-order chi connectivity index (χ0) is 20.4. The molecule has 0 saturated carbocycles. The first-order valence-corrected chi connectivity index (χ1v) is 8.84. The van der Waals surface area contributed by atoms with Gasteiger partial charge < -0.3 is 10.1 Å². The first kappa shape index (κ1) is 18.8. The Hall–Kier alpha value is -3.53. The van der Waals surface area contributed by atoms with Crippen LogP contribution in [-0.4, -0.2) is 43.4 Å². The number of hydrogen-bond donors (Lipinski definition) is 1. The highest BCUT2D eigenvalue weighted by Gasteiger charge is 2.37. The monoisotopic (exact) mass is 399 g/mol. The molecule has 1 atom stereocenters. The van der Waals surface area contributed by atoms with Crippen molar-refractivity contribution < 1.29 is 13.5 Å². The molecule has 3 aromatic rings. The smallest absolute Gasteiger partial charge is 0.328 e. The minimum atomic E-state index is -2.70. The summed E-state index contributed by atoms with van der Waals surface area (Å²) < 4.78 is 34.5. The van der Waals surface area contributed by atoms with Gasteiger partial charge in [0.25, 0.3) is 0 Å². The summed E-state index contributed by atoms with van der Waals surface area (Å²) in [5.41, 5.74) is 0.603. The number of nitrogens with zero attached hydrogens (tertiary/aromatic N) is 6. The predicted molar refractivity (Wildman–Crippen MR) is 102 cm³/mol. The summed E-state index contributed by atoms with van der Waals surface area (Å²) in [5.74, 6) is 2.09. The number of rotatable bonds is 6. The molecule has 0 bridgehead atoms. The van der Waals surface area contributed by atoms with Crippen molar-refractivity contribution in [3.8, 4) is 5.75 Å². The van der Waals surface area contributed by atoms with E-state index in [-0.39, 0.29) is 0 Å². The molecule has 0 saturated heterocycles. The molecule has 4 heterocycles. The summed E-state index contributed by atoms with van der Waals surface area (Å²) in [6.45, 7) is -2.70. The maximum Gasteiger partial charge on any atom is 0.328 e. The molecule has 0 spiro atoms.